The fraction of sp³-hybridized carbons (Fsp3) is 0.619. The number of nitrogens with zero attached hydrogens (tertiary/aromatic N) is 3. The molecular weight excluding hydrogens is 481 g/mol. The molecule has 2 rings (SSSR count). The summed E-state index contributed by atoms with van der Waals surface area (Å²) in [5.41, 5.74) is 2.57. The van der Waals surface area contributed by atoms with Crippen LogP contribution in [0.3, 0.4) is 0 Å². The van der Waals surface area contributed by atoms with Crippen molar-refractivity contribution >= 4 is 41.7 Å². The minimum Gasteiger partial charge on any atom is -0.450 e. The summed E-state index contributed by atoms with van der Waals surface area (Å²) in [7, 11) is 1.79. The average molecular weight is 517 g/mol. The smallest absolute Gasteiger partial charge is 0.409 e. The van der Waals surface area contributed by atoms with Crippen molar-refractivity contribution < 1.29 is 9.53 Å². The van der Waals surface area contributed by atoms with Crippen molar-refractivity contribution in [3.05, 3.63) is 29.8 Å². The molecule has 1 heterocycles. The molecule has 1 saturated heterocycles. The van der Waals surface area contributed by atoms with Crippen LogP contribution in [0.15, 0.2) is 29.3 Å². The van der Waals surface area contributed by atoms with Crippen LogP contribution >= 0.6 is 24.0 Å². The number of nitrogens with one attached hydrogen (secondary N) is 2. The summed E-state index contributed by atoms with van der Waals surface area (Å²) < 4.78 is 5.08. The number of likely N-dealkylation sites (N-methyl/N-ethyl adjacent to an activating group) is 1. The highest BCUT2D eigenvalue weighted by molar-refractivity contribution is 14.0. The fourth-order valence-electron chi connectivity index (χ4n) is 3.49. The number of likely N-dealkylation sites (tertiary alicyclic amines) is 1. The molecule has 0 radical (unpaired) electrons. The van der Waals surface area contributed by atoms with Crippen LogP contribution in [0.1, 0.15) is 32.3 Å². The number of anilines is 1. The molecule has 0 aliphatic carbocycles. The normalized spacial score (nSPS) is 14.8. The number of halogens is 1. The lowest BCUT2D eigenvalue weighted by Gasteiger charge is -2.32. The zero-order valence-electron chi connectivity index (χ0n) is 18.1. The van der Waals surface area contributed by atoms with E-state index in [0.717, 1.165) is 38.4 Å². The number of amides is 1. The monoisotopic (exact) mass is 517 g/mol. The van der Waals surface area contributed by atoms with Gasteiger partial charge >= 0.3 is 6.09 Å². The average Bonchev–Trinajstić information content (AvgIpc) is 2.71. The number of carbonyl (C=O) groups is 1. The van der Waals surface area contributed by atoms with E-state index < -0.39 is 0 Å². The first-order valence-electron chi connectivity index (χ1n) is 10.3. The molecule has 7 nitrogen and oxygen atoms in total. The van der Waals surface area contributed by atoms with Gasteiger partial charge in [0.2, 0.25) is 0 Å². The molecule has 8 heteroatoms. The van der Waals surface area contributed by atoms with Crippen molar-refractivity contribution in [2.45, 2.75) is 39.7 Å². The van der Waals surface area contributed by atoms with Crippen molar-refractivity contribution in [1.82, 2.24) is 15.5 Å². The lowest BCUT2D eigenvalue weighted by molar-refractivity contribution is 0.0963. The van der Waals surface area contributed by atoms with Gasteiger partial charge in [-0.1, -0.05) is 18.2 Å². The van der Waals surface area contributed by atoms with Crippen LogP contribution in [-0.4, -0.2) is 69.4 Å². The minimum absolute atomic E-state index is 0. The highest BCUT2D eigenvalue weighted by atomic mass is 127. The highest BCUT2D eigenvalue weighted by Crippen LogP contribution is 2.18. The van der Waals surface area contributed by atoms with E-state index in [1.165, 1.54) is 11.3 Å². The second-order valence-corrected chi connectivity index (χ2v) is 6.97. The van der Waals surface area contributed by atoms with Crippen LogP contribution in [0.25, 0.3) is 0 Å². The van der Waals surface area contributed by atoms with E-state index in [1.807, 2.05) is 6.92 Å². The molecule has 0 bridgehead atoms. The lowest BCUT2D eigenvalue weighted by Crippen LogP contribution is -2.50. The summed E-state index contributed by atoms with van der Waals surface area (Å²) >= 11 is 0. The first-order valence-corrected chi connectivity index (χ1v) is 10.3. The number of aliphatic imine (C=N–C) groups is 1. The third-order valence-corrected chi connectivity index (χ3v) is 5.10. The molecule has 164 valence electrons. The lowest BCUT2D eigenvalue weighted by atomic mass is 10.1. The summed E-state index contributed by atoms with van der Waals surface area (Å²) in [5, 5.41) is 6.90. The van der Waals surface area contributed by atoms with Crippen LogP contribution in [0.2, 0.25) is 0 Å². The molecule has 1 aliphatic heterocycles. The fourth-order valence-corrected chi connectivity index (χ4v) is 3.49. The van der Waals surface area contributed by atoms with Gasteiger partial charge in [0, 0.05) is 51.5 Å². The summed E-state index contributed by atoms with van der Waals surface area (Å²) in [6, 6.07) is 8.79. The van der Waals surface area contributed by atoms with Gasteiger partial charge in [0.05, 0.1) is 6.61 Å². The standard InChI is InChI=1S/C21H35N5O2.HI/c1-5-25(19-10-8-7-9-17(19)3)16-13-23-20(22-4)24-18-11-14-26(15-12-18)21(27)28-6-2;/h7-10,18H,5-6,11-16H2,1-4H3,(H2,22,23,24);1H. The van der Waals surface area contributed by atoms with Gasteiger partial charge in [-0.25, -0.2) is 4.79 Å². The Morgan fingerprint density at radius 1 is 1.28 bits per heavy atom. The topological polar surface area (TPSA) is 69.2 Å². The van der Waals surface area contributed by atoms with E-state index in [2.05, 4.69) is 58.6 Å². The Hall–Kier alpha value is -1.71. The Morgan fingerprint density at radius 3 is 2.55 bits per heavy atom. The second-order valence-electron chi connectivity index (χ2n) is 6.97. The Balaban J connectivity index is 0.00000420. The maximum absolute atomic E-state index is 11.8. The molecule has 0 aromatic heterocycles. The molecule has 29 heavy (non-hydrogen) atoms. The van der Waals surface area contributed by atoms with Gasteiger partial charge in [-0.05, 0) is 45.2 Å². The maximum Gasteiger partial charge on any atom is 0.409 e. The van der Waals surface area contributed by atoms with Gasteiger partial charge in [0.15, 0.2) is 5.96 Å². The van der Waals surface area contributed by atoms with E-state index in [-0.39, 0.29) is 30.1 Å². The van der Waals surface area contributed by atoms with Crippen molar-refractivity contribution in [2.24, 2.45) is 4.99 Å². The molecule has 0 spiro atoms. The van der Waals surface area contributed by atoms with Gasteiger partial charge in [0.25, 0.3) is 0 Å². The van der Waals surface area contributed by atoms with Gasteiger partial charge in [0.1, 0.15) is 0 Å². The number of guanidine groups is 1. The predicted octanol–water partition coefficient (Wildman–Crippen LogP) is 3.23. The molecule has 1 amide bonds. The largest absolute Gasteiger partial charge is 0.450 e. The van der Waals surface area contributed by atoms with Crippen LogP contribution in [-0.2, 0) is 4.74 Å². The zero-order chi connectivity index (χ0) is 20.4. The van der Waals surface area contributed by atoms with Crippen LogP contribution in [0.4, 0.5) is 10.5 Å². The van der Waals surface area contributed by atoms with E-state index in [1.54, 1.807) is 11.9 Å². The van der Waals surface area contributed by atoms with Crippen LogP contribution < -0.4 is 15.5 Å². The molecule has 1 aromatic rings. The Kier molecular flexibility index (Phi) is 11.8. The van der Waals surface area contributed by atoms with Crippen molar-refractivity contribution in [3.8, 4) is 0 Å². The van der Waals surface area contributed by atoms with Gasteiger partial charge < -0.3 is 25.2 Å². The van der Waals surface area contributed by atoms with E-state index >= 15 is 0 Å². The number of rotatable bonds is 7. The molecule has 0 atom stereocenters. The van der Waals surface area contributed by atoms with Crippen molar-refractivity contribution in [2.75, 3.05) is 51.3 Å². The second kappa shape index (κ2) is 13.5. The summed E-state index contributed by atoms with van der Waals surface area (Å²) in [6.45, 7) is 10.7. The van der Waals surface area contributed by atoms with E-state index in [9.17, 15) is 4.79 Å². The van der Waals surface area contributed by atoms with Crippen molar-refractivity contribution in [3.63, 3.8) is 0 Å². The van der Waals surface area contributed by atoms with Crippen LogP contribution in [0.5, 0.6) is 0 Å². The number of hydrogen-bond donors (Lipinski definition) is 2. The number of carbonyl (C=O) groups excluding carboxylic acids is 1. The first kappa shape index (κ1) is 25.3. The summed E-state index contributed by atoms with van der Waals surface area (Å²) in [5.74, 6) is 0.815. The number of hydrogen-bond acceptors (Lipinski definition) is 4. The Bertz CT molecular complexity index is 648. The number of aryl methyl sites for hydroxylation is 1. The quantitative estimate of drug-likeness (QED) is 0.330. The van der Waals surface area contributed by atoms with Crippen LogP contribution in [0, 0.1) is 6.92 Å². The first-order chi connectivity index (χ1) is 13.6. The summed E-state index contributed by atoms with van der Waals surface area (Å²) in [6.07, 6.45) is 1.58. The number of benzene rings is 1. The molecule has 0 saturated carbocycles. The molecule has 1 aliphatic rings. The molecule has 1 aromatic carbocycles. The van der Waals surface area contributed by atoms with E-state index in [4.69, 9.17) is 4.74 Å². The SMILES string of the molecule is CCOC(=O)N1CCC(NC(=NC)NCCN(CC)c2ccccc2C)CC1.I. The van der Waals surface area contributed by atoms with Gasteiger partial charge in [-0.15, -0.1) is 24.0 Å². The zero-order valence-corrected chi connectivity index (χ0v) is 20.4. The van der Waals surface area contributed by atoms with Gasteiger partial charge in [-0.2, -0.15) is 0 Å². The molecular formula is C21H36IN5O2. The third-order valence-electron chi connectivity index (χ3n) is 5.10. The minimum atomic E-state index is -0.209. The highest BCUT2D eigenvalue weighted by Gasteiger charge is 2.24. The Morgan fingerprint density at radius 2 is 1.97 bits per heavy atom. The molecule has 0 unspecified atom stereocenters. The van der Waals surface area contributed by atoms with E-state index in [0.29, 0.717) is 25.7 Å². The predicted molar refractivity (Wildman–Crippen MR) is 131 cm³/mol. The third kappa shape index (κ3) is 7.91. The number of piperidine rings is 1. The number of ether oxygens (including phenoxy) is 1. The molecule has 1 fully saturated rings. The van der Waals surface area contributed by atoms with Crippen molar-refractivity contribution in [1.29, 1.82) is 0 Å². The van der Waals surface area contributed by atoms with Gasteiger partial charge in [-0.3, -0.25) is 4.99 Å². The molecule has 2 N–H and O–H groups in total. The number of para-hydroxylation sites is 1. The Labute approximate surface area is 192 Å². The summed E-state index contributed by atoms with van der Waals surface area (Å²) in [4.78, 5) is 20.3. The maximum atomic E-state index is 11.8.